The van der Waals surface area contributed by atoms with Crippen LogP contribution in [0.1, 0.15) is 38.5 Å². The Morgan fingerprint density at radius 3 is 2.73 bits per heavy atom. The molecular formula is C12H23NO2. The van der Waals surface area contributed by atoms with Crippen LogP contribution in [-0.4, -0.2) is 37.0 Å². The van der Waals surface area contributed by atoms with Gasteiger partial charge in [0.2, 0.25) is 0 Å². The molecule has 0 amide bonds. The fourth-order valence-corrected chi connectivity index (χ4v) is 2.64. The predicted molar refractivity (Wildman–Crippen MR) is 59.8 cm³/mol. The summed E-state index contributed by atoms with van der Waals surface area (Å²) in [5, 5.41) is 13.7. The fourth-order valence-electron chi connectivity index (χ4n) is 2.64. The number of nitrogens with one attached hydrogen (secondary N) is 1. The van der Waals surface area contributed by atoms with Gasteiger partial charge in [0.15, 0.2) is 0 Å². The topological polar surface area (TPSA) is 41.5 Å². The molecule has 1 aliphatic heterocycles. The lowest BCUT2D eigenvalue weighted by molar-refractivity contribution is 0.00424. The lowest BCUT2D eigenvalue weighted by Crippen LogP contribution is -2.43. The molecule has 1 heterocycles. The van der Waals surface area contributed by atoms with Gasteiger partial charge in [-0.15, -0.1) is 0 Å². The first-order valence-corrected chi connectivity index (χ1v) is 6.29. The van der Waals surface area contributed by atoms with Crippen LogP contribution in [-0.2, 0) is 4.74 Å². The highest BCUT2D eigenvalue weighted by Crippen LogP contribution is 2.27. The minimum absolute atomic E-state index is 0.419. The van der Waals surface area contributed by atoms with Crippen LogP contribution >= 0.6 is 0 Å². The van der Waals surface area contributed by atoms with Crippen molar-refractivity contribution >= 4 is 0 Å². The molecule has 1 unspecified atom stereocenters. The van der Waals surface area contributed by atoms with Crippen molar-refractivity contribution in [2.24, 2.45) is 5.92 Å². The molecule has 0 radical (unpaired) electrons. The fraction of sp³-hybridized carbons (Fsp3) is 1.00. The molecule has 2 aliphatic rings. The van der Waals surface area contributed by atoms with Crippen LogP contribution in [0.15, 0.2) is 0 Å². The van der Waals surface area contributed by atoms with Gasteiger partial charge in [-0.05, 0) is 25.2 Å². The van der Waals surface area contributed by atoms with Gasteiger partial charge in [0.05, 0.1) is 12.2 Å². The van der Waals surface area contributed by atoms with Crippen molar-refractivity contribution in [3.8, 4) is 0 Å². The smallest absolute Gasteiger partial charge is 0.0771 e. The first-order valence-electron chi connectivity index (χ1n) is 6.29. The highest BCUT2D eigenvalue weighted by Gasteiger charge is 2.28. The van der Waals surface area contributed by atoms with Gasteiger partial charge in [-0.2, -0.15) is 0 Å². The molecular weight excluding hydrogens is 190 g/mol. The minimum atomic E-state index is -0.419. The summed E-state index contributed by atoms with van der Waals surface area (Å²) in [6.45, 7) is 3.58. The van der Waals surface area contributed by atoms with Crippen molar-refractivity contribution in [1.82, 2.24) is 5.32 Å². The van der Waals surface area contributed by atoms with E-state index in [-0.39, 0.29) is 0 Å². The van der Waals surface area contributed by atoms with E-state index in [1.54, 1.807) is 0 Å². The molecule has 0 aromatic carbocycles. The second-order valence-electron chi connectivity index (χ2n) is 5.15. The normalized spacial score (nSPS) is 30.6. The number of hydrogen-bond acceptors (Lipinski definition) is 3. The van der Waals surface area contributed by atoms with Crippen molar-refractivity contribution in [2.45, 2.75) is 44.1 Å². The quantitative estimate of drug-likeness (QED) is 0.740. The van der Waals surface area contributed by atoms with Gasteiger partial charge < -0.3 is 15.2 Å². The number of aliphatic hydroxyl groups is 1. The summed E-state index contributed by atoms with van der Waals surface area (Å²) >= 11 is 0. The molecule has 0 aromatic rings. The van der Waals surface area contributed by atoms with Gasteiger partial charge in [0.25, 0.3) is 0 Å². The monoisotopic (exact) mass is 213 g/mol. The van der Waals surface area contributed by atoms with E-state index in [4.69, 9.17) is 4.74 Å². The molecule has 0 bridgehead atoms. The van der Waals surface area contributed by atoms with Crippen molar-refractivity contribution < 1.29 is 9.84 Å². The number of hydrogen-bond donors (Lipinski definition) is 2. The summed E-state index contributed by atoms with van der Waals surface area (Å²) < 4.78 is 5.32. The Labute approximate surface area is 92.2 Å². The minimum Gasteiger partial charge on any atom is -0.389 e. The molecule has 0 aromatic heterocycles. The average molecular weight is 213 g/mol. The third kappa shape index (κ3) is 3.44. The summed E-state index contributed by atoms with van der Waals surface area (Å²) in [6.07, 6.45) is 6.78. The van der Waals surface area contributed by atoms with E-state index in [0.29, 0.717) is 5.92 Å². The highest BCUT2D eigenvalue weighted by atomic mass is 16.5. The molecule has 3 nitrogen and oxygen atoms in total. The van der Waals surface area contributed by atoms with Crippen LogP contribution in [0, 0.1) is 5.92 Å². The lowest BCUT2D eigenvalue weighted by Gasteiger charge is -2.32. The Hall–Kier alpha value is -0.120. The SMILES string of the molecule is OC1(CNCC2CCOC2)CCCCC1. The third-order valence-corrected chi connectivity index (χ3v) is 3.70. The zero-order valence-corrected chi connectivity index (χ0v) is 9.50. The Morgan fingerprint density at radius 2 is 2.07 bits per heavy atom. The van der Waals surface area contributed by atoms with E-state index in [0.717, 1.165) is 39.1 Å². The summed E-state index contributed by atoms with van der Waals surface area (Å²) in [4.78, 5) is 0. The maximum atomic E-state index is 10.3. The van der Waals surface area contributed by atoms with E-state index >= 15 is 0 Å². The first-order chi connectivity index (χ1) is 7.29. The molecule has 1 saturated heterocycles. The van der Waals surface area contributed by atoms with Crippen LogP contribution in [0.2, 0.25) is 0 Å². The molecule has 88 valence electrons. The zero-order chi connectivity index (χ0) is 10.6. The van der Waals surface area contributed by atoms with Crippen molar-refractivity contribution in [2.75, 3.05) is 26.3 Å². The predicted octanol–water partition coefficient (Wildman–Crippen LogP) is 1.31. The van der Waals surface area contributed by atoms with Gasteiger partial charge in [-0.25, -0.2) is 0 Å². The summed E-state index contributed by atoms with van der Waals surface area (Å²) in [6, 6.07) is 0. The largest absolute Gasteiger partial charge is 0.389 e. The lowest BCUT2D eigenvalue weighted by atomic mass is 9.85. The van der Waals surface area contributed by atoms with Crippen LogP contribution in [0.5, 0.6) is 0 Å². The Bertz CT molecular complexity index is 184. The van der Waals surface area contributed by atoms with Gasteiger partial charge in [0, 0.05) is 19.7 Å². The molecule has 2 N–H and O–H groups in total. The second kappa shape index (κ2) is 5.28. The molecule has 2 rings (SSSR count). The van der Waals surface area contributed by atoms with Crippen molar-refractivity contribution in [1.29, 1.82) is 0 Å². The highest BCUT2D eigenvalue weighted by molar-refractivity contribution is 4.84. The Balaban J connectivity index is 1.63. The maximum absolute atomic E-state index is 10.3. The third-order valence-electron chi connectivity index (χ3n) is 3.70. The van der Waals surface area contributed by atoms with E-state index in [1.165, 1.54) is 25.7 Å². The van der Waals surface area contributed by atoms with E-state index < -0.39 is 5.60 Å². The molecule has 1 atom stereocenters. The van der Waals surface area contributed by atoms with Gasteiger partial charge in [0.1, 0.15) is 0 Å². The Kier molecular flexibility index (Phi) is 4.00. The zero-order valence-electron chi connectivity index (χ0n) is 9.50. The van der Waals surface area contributed by atoms with Crippen LogP contribution in [0.3, 0.4) is 0 Å². The molecule has 0 spiro atoms. The second-order valence-corrected chi connectivity index (χ2v) is 5.15. The molecule has 2 fully saturated rings. The van der Waals surface area contributed by atoms with Crippen molar-refractivity contribution in [3.05, 3.63) is 0 Å². The first kappa shape index (κ1) is 11.4. The summed E-state index contributed by atoms with van der Waals surface area (Å²) in [5.74, 6) is 0.664. The van der Waals surface area contributed by atoms with E-state index in [1.807, 2.05) is 0 Å². The van der Waals surface area contributed by atoms with Gasteiger partial charge in [-0.1, -0.05) is 19.3 Å². The maximum Gasteiger partial charge on any atom is 0.0771 e. The number of ether oxygens (including phenoxy) is 1. The van der Waals surface area contributed by atoms with Crippen LogP contribution in [0.25, 0.3) is 0 Å². The standard InChI is InChI=1S/C12H23NO2/c14-12(5-2-1-3-6-12)10-13-8-11-4-7-15-9-11/h11,13-14H,1-10H2. The van der Waals surface area contributed by atoms with Crippen molar-refractivity contribution in [3.63, 3.8) is 0 Å². The Morgan fingerprint density at radius 1 is 1.27 bits per heavy atom. The van der Waals surface area contributed by atoms with Gasteiger partial charge >= 0.3 is 0 Å². The van der Waals surface area contributed by atoms with Crippen LogP contribution in [0.4, 0.5) is 0 Å². The van der Waals surface area contributed by atoms with E-state index in [9.17, 15) is 5.11 Å². The molecule has 15 heavy (non-hydrogen) atoms. The average Bonchev–Trinajstić information content (AvgIpc) is 2.71. The van der Waals surface area contributed by atoms with Crippen LogP contribution < -0.4 is 5.32 Å². The summed E-state index contributed by atoms with van der Waals surface area (Å²) in [5.41, 5.74) is -0.419. The van der Waals surface area contributed by atoms with E-state index in [2.05, 4.69) is 5.32 Å². The summed E-state index contributed by atoms with van der Waals surface area (Å²) in [7, 11) is 0. The number of rotatable bonds is 4. The molecule has 1 saturated carbocycles. The molecule has 3 heteroatoms. The van der Waals surface area contributed by atoms with Gasteiger partial charge in [-0.3, -0.25) is 0 Å². The molecule has 1 aliphatic carbocycles.